The van der Waals surface area contributed by atoms with Gasteiger partial charge in [0.25, 0.3) is 0 Å². The summed E-state index contributed by atoms with van der Waals surface area (Å²) in [5.41, 5.74) is 4.20. The number of aliphatic hydroxyl groups excluding tert-OH is 1. The third kappa shape index (κ3) is 5.83. The van der Waals surface area contributed by atoms with Crippen LogP contribution in [0, 0.1) is 6.92 Å². The molecule has 140 valence electrons. The number of aliphatic hydroxyl groups is 1. The first-order valence-corrected chi connectivity index (χ1v) is 9.40. The van der Waals surface area contributed by atoms with E-state index < -0.39 is 6.10 Å². The van der Waals surface area contributed by atoms with Gasteiger partial charge in [0.2, 0.25) is 0 Å². The van der Waals surface area contributed by atoms with Crippen LogP contribution in [0.5, 0.6) is 5.75 Å². The van der Waals surface area contributed by atoms with Crippen LogP contribution in [-0.2, 0) is 13.2 Å². The first-order valence-electron chi connectivity index (χ1n) is 9.02. The Morgan fingerprint density at radius 1 is 1.00 bits per heavy atom. The van der Waals surface area contributed by atoms with E-state index >= 15 is 0 Å². The molecule has 3 rings (SSSR count). The summed E-state index contributed by atoms with van der Waals surface area (Å²) in [5.74, 6) is 0.794. The van der Waals surface area contributed by atoms with Crippen molar-refractivity contribution in [3.05, 3.63) is 100 Å². The van der Waals surface area contributed by atoms with Gasteiger partial charge in [-0.3, -0.25) is 0 Å². The Hall–Kier alpha value is -2.33. The van der Waals surface area contributed by atoms with Gasteiger partial charge in [0.15, 0.2) is 0 Å². The number of rotatable bonds is 8. The molecule has 0 heterocycles. The van der Waals surface area contributed by atoms with Crippen LogP contribution in [-0.4, -0.2) is 11.7 Å². The molecule has 0 unspecified atom stereocenters. The molecule has 0 aliphatic heterocycles. The maximum atomic E-state index is 10.3. The highest BCUT2D eigenvalue weighted by Crippen LogP contribution is 2.24. The zero-order chi connectivity index (χ0) is 19.1. The molecule has 1 atom stereocenters. The third-order valence-electron chi connectivity index (χ3n) is 4.34. The largest absolute Gasteiger partial charge is 0.489 e. The molecule has 2 N–H and O–H groups in total. The van der Waals surface area contributed by atoms with Crippen LogP contribution in [0.2, 0.25) is 5.02 Å². The lowest BCUT2D eigenvalue weighted by molar-refractivity contribution is 0.174. The monoisotopic (exact) mass is 381 g/mol. The Kier molecular flexibility index (Phi) is 6.88. The fourth-order valence-electron chi connectivity index (χ4n) is 2.93. The second kappa shape index (κ2) is 9.56. The fraction of sp³-hybridized carbons (Fsp3) is 0.217. The van der Waals surface area contributed by atoms with Crippen molar-refractivity contribution in [2.24, 2.45) is 0 Å². The molecule has 0 aliphatic carbocycles. The Bertz CT molecular complexity index is 867. The molecule has 0 bridgehead atoms. The lowest BCUT2D eigenvalue weighted by Crippen LogP contribution is -2.21. The number of aryl methyl sites for hydroxylation is 1. The van der Waals surface area contributed by atoms with Crippen LogP contribution in [0.15, 0.2) is 72.8 Å². The van der Waals surface area contributed by atoms with Crippen molar-refractivity contribution >= 4 is 11.6 Å². The Morgan fingerprint density at radius 2 is 1.81 bits per heavy atom. The van der Waals surface area contributed by atoms with E-state index in [1.165, 1.54) is 5.56 Å². The minimum atomic E-state index is -0.554. The maximum absolute atomic E-state index is 10.3. The molecule has 0 aromatic heterocycles. The van der Waals surface area contributed by atoms with Crippen molar-refractivity contribution < 1.29 is 9.84 Å². The predicted octanol–water partition coefficient (Wildman–Crippen LogP) is 5.05. The molecule has 0 amide bonds. The lowest BCUT2D eigenvalue weighted by Gasteiger charge is -2.15. The van der Waals surface area contributed by atoms with Crippen LogP contribution < -0.4 is 10.1 Å². The van der Waals surface area contributed by atoms with Gasteiger partial charge in [-0.2, -0.15) is 0 Å². The second-order valence-electron chi connectivity index (χ2n) is 6.59. The van der Waals surface area contributed by atoms with E-state index in [1.807, 2.05) is 54.6 Å². The molecule has 0 saturated heterocycles. The van der Waals surface area contributed by atoms with E-state index in [9.17, 15) is 5.11 Å². The van der Waals surface area contributed by atoms with Gasteiger partial charge in [0, 0.05) is 23.7 Å². The van der Waals surface area contributed by atoms with E-state index in [1.54, 1.807) is 0 Å². The Labute approximate surface area is 165 Å². The first-order chi connectivity index (χ1) is 13.1. The highest BCUT2D eigenvalue weighted by molar-refractivity contribution is 6.30. The number of hydrogen-bond donors (Lipinski definition) is 2. The van der Waals surface area contributed by atoms with Crippen LogP contribution in [0.4, 0.5) is 0 Å². The minimum Gasteiger partial charge on any atom is -0.489 e. The van der Waals surface area contributed by atoms with E-state index in [0.717, 1.165) is 22.4 Å². The zero-order valence-corrected chi connectivity index (χ0v) is 16.1. The second-order valence-corrected chi connectivity index (χ2v) is 7.02. The molecule has 27 heavy (non-hydrogen) atoms. The average molecular weight is 382 g/mol. The van der Waals surface area contributed by atoms with Gasteiger partial charge in [-0.1, -0.05) is 71.8 Å². The van der Waals surface area contributed by atoms with Crippen molar-refractivity contribution in [1.82, 2.24) is 5.32 Å². The van der Waals surface area contributed by atoms with Gasteiger partial charge >= 0.3 is 0 Å². The van der Waals surface area contributed by atoms with Crippen molar-refractivity contribution in [1.29, 1.82) is 0 Å². The molecule has 3 aromatic carbocycles. The highest BCUT2D eigenvalue weighted by Gasteiger charge is 2.09. The van der Waals surface area contributed by atoms with E-state index in [-0.39, 0.29) is 0 Å². The standard InChI is InChI=1S/C23H24ClNO2/c1-17-6-5-7-18(12-17)16-27-23-11-10-21(24)13-20(23)14-25-15-22(26)19-8-3-2-4-9-19/h2-13,22,25-26H,14-16H2,1H3/t22-/m1/s1. The van der Waals surface area contributed by atoms with Gasteiger partial charge < -0.3 is 15.2 Å². The number of ether oxygens (including phenoxy) is 1. The normalized spacial score (nSPS) is 12.0. The molecule has 0 radical (unpaired) electrons. The molecular formula is C23H24ClNO2. The summed E-state index contributed by atoms with van der Waals surface area (Å²) >= 11 is 6.16. The van der Waals surface area contributed by atoms with Crippen LogP contribution >= 0.6 is 11.6 Å². The number of benzene rings is 3. The minimum absolute atomic E-state index is 0.452. The van der Waals surface area contributed by atoms with Crippen molar-refractivity contribution in [2.75, 3.05) is 6.54 Å². The quantitative estimate of drug-likeness (QED) is 0.573. The van der Waals surface area contributed by atoms with Crippen LogP contribution in [0.1, 0.15) is 28.4 Å². The topological polar surface area (TPSA) is 41.5 Å². The molecule has 0 saturated carbocycles. The SMILES string of the molecule is Cc1cccc(COc2ccc(Cl)cc2CNC[C@@H](O)c2ccccc2)c1. The molecule has 3 nitrogen and oxygen atoms in total. The maximum Gasteiger partial charge on any atom is 0.124 e. The smallest absolute Gasteiger partial charge is 0.124 e. The molecule has 0 fully saturated rings. The number of nitrogens with one attached hydrogen (secondary N) is 1. The van der Waals surface area contributed by atoms with E-state index in [2.05, 4.69) is 30.4 Å². The predicted molar refractivity (Wildman–Crippen MR) is 110 cm³/mol. The third-order valence-corrected chi connectivity index (χ3v) is 4.57. The summed E-state index contributed by atoms with van der Waals surface area (Å²) in [6, 6.07) is 23.5. The number of hydrogen-bond acceptors (Lipinski definition) is 3. The van der Waals surface area contributed by atoms with E-state index in [4.69, 9.17) is 16.3 Å². The van der Waals surface area contributed by atoms with Gasteiger partial charge in [-0.05, 0) is 36.2 Å². The summed E-state index contributed by atoms with van der Waals surface area (Å²) < 4.78 is 6.01. The highest BCUT2D eigenvalue weighted by atomic mass is 35.5. The molecular weight excluding hydrogens is 358 g/mol. The van der Waals surface area contributed by atoms with Gasteiger partial charge in [0.05, 0.1) is 6.10 Å². The summed E-state index contributed by atoms with van der Waals surface area (Å²) in [4.78, 5) is 0. The van der Waals surface area contributed by atoms with Crippen molar-refractivity contribution in [2.45, 2.75) is 26.2 Å². The molecule has 4 heteroatoms. The summed E-state index contributed by atoms with van der Waals surface area (Å²) in [5, 5.41) is 14.2. The first kappa shape index (κ1) is 19.4. The van der Waals surface area contributed by atoms with Crippen molar-refractivity contribution in [3.8, 4) is 5.75 Å². The fourth-order valence-corrected chi connectivity index (χ4v) is 3.12. The summed E-state index contributed by atoms with van der Waals surface area (Å²) in [6.45, 7) is 3.59. The summed E-state index contributed by atoms with van der Waals surface area (Å²) in [6.07, 6.45) is -0.554. The van der Waals surface area contributed by atoms with E-state index in [0.29, 0.717) is 24.7 Å². The average Bonchev–Trinajstić information content (AvgIpc) is 2.68. The van der Waals surface area contributed by atoms with Gasteiger partial charge in [-0.25, -0.2) is 0 Å². The Morgan fingerprint density at radius 3 is 2.59 bits per heavy atom. The molecule has 0 spiro atoms. The van der Waals surface area contributed by atoms with Crippen LogP contribution in [0.25, 0.3) is 0 Å². The lowest BCUT2D eigenvalue weighted by atomic mass is 10.1. The van der Waals surface area contributed by atoms with Crippen molar-refractivity contribution in [3.63, 3.8) is 0 Å². The molecule has 0 aliphatic rings. The zero-order valence-electron chi connectivity index (χ0n) is 15.4. The summed E-state index contributed by atoms with van der Waals surface area (Å²) in [7, 11) is 0. The number of halogens is 1. The van der Waals surface area contributed by atoms with Crippen LogP contribution in [0.3, 0.4) is 0 Å². The Balaban J connectivity index is 1.60. The van der Waals surface area contributed by atoms with Gasteiger partial charge in [0.1, 0.15) is 12.4 Å². The molecule has 3 aromatic rings. The van der Waals surface area contributed by atoms with Gasteiger partial charge in [-0.15, -0.1) is 0 Å².